The maximum atomic E-state index is 13.2. The van der Waals surface area contributed by atoms with Crippen molar-refractivity contribution in [2.24, 2.45) is 0 Å². The van der Waals surface area contributed by atoms with Crippen molar-refractivity contribution in [1.82, 2.24) is 20.5 Å². The summed E-state index contributed by atoms with van der Waals surface area (Å²) in [5, 5.41) is 30.1. The third kappa shape index (κ3) is 5.97. The van der Waals surface area contributed by atoms with Crippen molar-refractivity contribution in [3.05, 3.63) is 47.0 Å². The number of phenols is 1. The van der Waals surface area contributed by atoms with Gasteiger partial charge in [0, 0.05) is 57.8 Å². The number of aliphatic hydroxyl groups excluding tert-OH is 1. The summed E-state index contributed by atoms with van der Waals surface area (Å²) in [6, 6.07) is 8.76. The molecular formula is C27H36N6O4. The molecule has 3 aliphatic heterocycles. The Hall–Kier alpha value is -3.37. The van der Waals surface area contributed by atoms with Gasteiger partial charge in [0.2, 0.25) is 5.91 Å². The van der Waals surface area contributed by atoms with Crippen molar-refractivity contribution in [1.29, 1.82) is 0 Å². The van der Waals surface area contributed by atoms with Crippen molar-refractivity contribution in [3.8, 4) is 5.75 Å². The number of aromatic hydroxyl groups is 1. The number of carbonyl (C=O) groups excluding carboxylic acids is 2. The molecule has 0 unspecified atom stereocenters. The number of fused-ring (bicyclic) bond motifs is 1. The molecule has 0 aliphatic carbocycles. The summed E-state index contributed by atoms with van der Waals surface area (Å²) < 4.78 is 0. The number of nitrogens with one attached hydrogen (secondary N) is 3. The van der Waals surface area contributed by atoms with E-state index in [0.29, 0.717) is 37.4 Å². The number of nitrogens with zero attached hydrogens (tertiary/aromatic N) is 3. The number of piperidine rings is 1. The number of anilines is 2. The Morgan fingerprint density at radius 1 is 1.14 bits per heavy atom. The zero-order valence-electron chi connectivity index (χ0n) is 21.2. The largest absolute Gasteiger partial charge is 0.508 e. The molecule has 2 fully saturated rings. The standard InChI is InChI=1S/C27H36N6O4/c1-17(34)33-15-21(16-33)30-25-11-19(12-26(31-25)32-7-3-2-4-8-32)27(37)29-14-24(36)23-10-18-5-6-22(35)9-20(18)13-28-23/h5-6,9,11-12,21,23-24,28,35-36H,2-4,7-8,10,13-16H2,1H3,(H,29,37)(H,30,31)/t23-,24+/m0/s1. The van der Waals surface area contributed by atoms with Gasteiger partial charge in [-0.15, -0.1) is 0 Å². The first-order valence-corrected chi connectivity index (χ1v) is 13.2. The number of aliphatic hydroxyl groups is 1. The predicted octanol–water partition coefficient (Wildman–Crippen LogP) is 1.23. The highest BCUT2D eigenvalue weighted by Crippen LogP contribution is 2.25. The summed E-state index contributed by atoms with van der Waals surface area (Å²) >= 11 is 0. The average molecular weight is 509 g/mol. The van der Waals surface area contributed by atoms with Crippen LogP contribution in [0.5, 0.6) is 5.75 Å². The Labute approximate surface area is 217 Å². The number of aromatic nitrogens is 1. The minimum Gasteiger partial charge on any atom is -0.508 e. The summed E-state index contributed by atoms with van der Waals surface area (Å²) in [6.07, 6.45) is 3.25. The van der Waals surface area contributed by atoms with E-state index in [2.05, 4.69) is 20.9 Å². The molecule has 4 heterocycles. The van der Waals surface area contributed by atoms with Crippen LogP contribution in [0.4, 0.5) is 11.6 Å². The van der Waals surface area contributed by atoms with E-state index in [9.17, 15) is 19.8 Å². The molecule has 1 aromatic carbocycles. The molecular weight excluding hydrogens is 472 g/mol. The predicted molar refractivity (Wildman–Crippen MR) is 141 cm³/mol. The lowest BCUT2D eigenvalue weighted by atomic mass is 9.92. The fourth-order valence-electron chi connectivity index (χ4n) is 5.28. The SMILES string of the molecule is CC(=O)N1CC(Nc2cc(C(=O)NC[C@@H](O)[C@@H]3Cc4ccc(O)cc4CN3)cc(N3CCCCC3)n2)C1. The van der Waals surface area contributed by atoms with Crippen molar-refractivity contribution < 1.29 is 19.8 Å². The average Bonchev–Trinajstić information content (AvgIpc) is 2.88. The van der Waals surface area contributed by atoms with Crippen LogP contribution in [0.2, 0.25) is 0 Å². The molecule has 5 N–H and O–H groups in total. The highest BCUT2D eigenvalue weighted by atomic mass is 16.3. The van der Waals surface area contributed by atoms with Crippen LogP contribution in [0.15, 0.2) is 30.3 Å². The van der Waals surface area contributed by atoms with E-state index in [4.69, 9.17) is 4.98 Å². The summed E-state index contributed by atoms with van der Waals surface area (Å²) in [7, 11) is 0. The van der Waals surface area contributed by atoms with Gasteiger partial charge in [0.25, 0.3) is 5.91 Å². The number of pyridine rings is 1. The Morgan fingerprint density at radius 2 is 1.92 bits per heavy atom. The third-order valence-electron chi connectivity index (χ3n) is 7.55. The number of hydrogen-bond donors (Lipinski definition) is 5. The van der Waals surface area contributed by atoms with Crippen LogP contribution in [0.25, 0.3) is 0 Å². The highest BCUT2D eigenvalue weighted by Gasteiger charge is 2.29. The van der Waals surface area contributed by atoms with E-state index in [1.54, 1.807) is 30.0 Å². The lowest BCUT2D eigenvalue weighted by Gasteiger charge is -2.39. The van der Waals surface area contributed by atoms with Gasteiger partial charge in [0.1, 0.15) is 17.4 Å². The quantitative estimate of drug-likeness (QED) is 0.378. The van der Waals surface area contributed by atoms with E-state index in [1.807, 2.05) is 12.1 Å². The van der Waals surface area contributed by atoms with E-state index < -0.39 is 6.10 Å². The first-order valence-electron chi connectivity index (χ1n) is 13.2. The van der Waals surface area contributed by atoms with Crippen LogP contribution >= 0.6 is 0 Å². The number of likely N-dealkylation sites (tertiary alicyclic amines) is 1. The molecule has 2 aromatic rings. The second kappa shape index (κ2) is 10.9. The fourth-order valence-corrected chi connectivity index (χ4v) is 5.28. The highest BCUT2D eigenvalue weighted by molar-refractivity contribution is 5.95. The van der Waals surface area contributed by atoms with Crippen molar-refractivity contribution in [2.45, 2.75) is 57.3 Å². The number of benzene rings is 1. The van der Waals surface area contributed by atoms with Crippen molar-refractivity contribution >= 4 is 23.5 Å². The molecule has 2 saturated heterocycles. The molecule has 5 rings (SSSR count). The van der Waals surface area contributed by atoms with Gasteiger partial charge in [-0.3, -0.25) is 9.59 Å². The Morgan fingerprint density at radius 3 is 2.68 bits per heavy atom. The number of rotatable bonds is 7. The maximum Gasteiger partial charge on any atom is 0.251 e. The van der Waals surface area contributed by atoms with Gasteiger partial charge >= 0.3 is 0 Å². The van der Waals surface area contributed by atoms with Crippen LogP contribution in [-0.4, -0.2) is 82.8 Å². The minimum absolute atomic E-state index is 0.0563. The van der Waals surface area contributed by atoms with Gasteiger partial charge in [0.05, 0.1) is 12.1 Å². The Kier molecular flexibility index (Phi) is 7.48. The number of hydrogen-bond acceptors (Lipinski definition) is 8. The summed E-state index contributed by atoms with van der Waals surface area (Å²) in [5.41, 5.74) is 2.60. The molecule has 0 radical (unpaired) electrons. The molecule has 0 saturated carbocycles. The van der Waals surface area contributed by atoms with Gasteiger partial charge in [-0.05, 0) is 61.1 Å². The Bertz CT molecular complexity index is 1150. The molecule has 0 spiro atoms. The van der Waals surface area contributed by atoms with Crippen molar-refractivity contribution in [2.75, 3.05) is 42.9 Å². The second-order valence-electron chi connectivity index (χ2n) is 10.3. The van der Waals surface area contributed by atoms with Gasteiger partial charge in [-0.2, -0.15) is 0 Å². The normalized spacial score (nSPS) is 20.5. The van der Waals surface area contributed by atoms with E-state index in [1.165, 1.54) is 6.42 Å². The molecule has 2 atom stereocenters. The summed E-state index contributed by atoms with van der Waals surface area (Å²) in [4.78, 5) is 33.5. The Balaban J connectivity index is 1.24. The molecule has 10 nitrogen and oxygen atoms in total. The minimum atomic E-state index is -0.764. The van der Waals surface area contributed by atoms with Crippen LogP contribution in [0.3, 0.4) is 0 Å². The van der Waals surface area contributed by atoms with E-state index in [0.717, 1.165) is 42.9 Å². The lowest BCUT2D eigenvalue weighted by Crippen LogP contribution is -2.56. The van der Waals surface area contributed by atoms with Crippen LogP contribution in [0.1, 0.15) is 47.7 Å². The molecule has 37 heavy (non-hydrogen) atoms. The van der Waals surface area contributed by atoms with Crippen LogP contribution in [0, 0.1) is 0 Å². The van der Waals surface area contributed by atoms with Crippen LogP contribution in [-0.2, 0) is 17.8 Å². The van der Waals surface area contributed by atoms with E-state index >= 15 is 0 Å². The van der Waals surface area contributed by atoms with Gasteiger partial charge in [0.15, 0.2) is 0 Å². The zero-order chi connectivity index (χ0) is 25.9. The smallest absolute Gasteiger partial charge is 0.251 e. The van der Waals surface area contributed by atoms with Gasteiger partial charge < -0.3 is 36.0 Å². The molecule has 10 heteroatoms. The maximum absolute atomic E-state index is 13.2. The summed E-state index contributed by atoms with van der Waals surface area (Å²) in [6.45, 7) is 5.29. The van der Waals surface area contributed by atoms with Crippen molar-refractivity contribution in [3.63, 3.8) is 0 Å². The zero-order valence-corrected chi connectivity index (χ0v) is 21.2. The van der Waals surface area contributed by atoms with E-state index in [-0.39, 0.29) is 36.2 Å². The summed E-state index contributed by atoms with van der Waals surface area (Å²) in [5.74, 6) is 1.42. The molecule has 0 bridgehead atoms. The number of amides is 2. The van der Waals surface area contributed by atoms with Crippen LogP contribution < -0.4 is 20.9 Å². The first kappa shape index (κ1) is 25.3. The third-order valence-corrected chi connectivity index (χ3v) is 7.55. The molecule has 2 amide bonds. The monoisotopic (exact) mass is 508 g/mol. The topological polar surface area (TPSA) is 130 Å². The van der Waals surface area contributed by atoms with Gasteiger partial charge in [-0.1, -0.05) is 6.07 Å². The molecule has 1 aromatic heterocycles. The lowest BCUT2D eigenvalue weighted by molar-refractivity contribution is -0.132. The van der Waals surface area contributed by atoms with Gasteiger partial charge in [-0.25, -0.2) is 4.98 Å². The molecule has 198 valence electrons. The first-order chi connectivity index (χ1) is 17.9. The number of phenolic OH excluding ortho intramolecular Hbond substituents is 1. The molecule has 3 aliphatic rings. The fraction of sp³-hybridized carbons (Fsp3) is 0.519. The second-order valence-corrected chi connectivity index (χ2v) is 10.3. The number of carbonyl (C=O) groups is 2.